The highest BCUT2D eigenvalue weighted by Crippen LogP contribution is 2.18. The molecule has 11 nitrogen and oxygen atoms in total. The van der Waals surface area contributed by atoms with Gasteiger partial charge in [0, 0.05) is 13.2 Å². The fourth-order valence-corrected chi connectivity index (χ4v) is 2.96. The average Bonchev–Trinajstić information content (AvgIpc) is 3.11. The summed E-state index contributed by atoms with van der Waals surface area (Å²) in [5.74, 6) is 0.331. The highest BCUT2D eigenvalue weighted by atomic mass is 31.1. The maximum absolute atomic E-state index is 12.0. The van der Waals surface area contributed by atoms with Crippen molar-refractivity contribution in [3.05, 3.63) is 12.7 Å². The standard InChI is InChI=1S/C17H30N6O5P/c1-4-6-25-14(26-7-5-2)8-22-29(24)28-12-27-13(3)9-23-11-21-15-16(18)19-10-20-17(15)23/h10-11,13-14H,4-9,12H2,1-3H3,(H,22,24)(H2,18,19,20)/q+1/t13-/m1/s1. The van der Waals surface area contributed by atoms with E-state index in [1.54, 1.807) is 6.33 Å². The minimum atomic E-state index is -2.10. The van der Waals surface area contributed by atoms with Crippen molar-refractivity contribution in [2.75, 3.05) is 32.3 Å². The SMILES string of the molecule is CCCOC(CN[P+](=O)OCO[C@H](C)Cn1cnc2c(N)ncnc21)OCCC. The fraction of sp³-hybridized carbons (Fsp3) is 0.706. The van der Waals surface area contributed by atoms with Crippen LogP contribution in [0.1, 0.15) is 33.6 Å². The maximum Gasteiger partial charge on any atom is 0.615 e. The van der Waals surface area contributed by atoms with Gasteiger partial charge in [-0.1, -0.05) is 18.9 Å². The van der Waals surface area contributed by atoms with Crippen molar-refractivity contribution in [2.45, 2.75) is 52.6 Å². The summed E-state index contributed by atoms with van der Waals surface area (Å²) in [5.41, 5.74) is 6.96. The van der Waals surface area contributed by atoms with Gasteiger partial charge in [0.1, 0.15) is 11.8 Å². The molecule has 0 saturated carbocycles. The lowest BCUT2D eigenvalue weighted by Crippen LogP contribution is -2.29. The summed E-state index contributed by atoms with van der Waals surface area (Å²) in [6.45, 7) is 7.69. The summed E-state index contributed by atoms with van der Waals surface area (Å²) in [5, 5.41) is 2.76. The van der Waals surface area contributed by atoms with Gasteiger partial charge in [0.15, 0.2) is 17.8 Å². The molecule has 1 unspecified atom stereocenters. The molecular weight excluding hydrogens is 399 g/mol. The summed E-state index contributed by atoms with van der Waals surface area (Å²) < 4.78 is 35.7. The van der Waals surface area contributed by atoms with Crippen LogP contribution < -0.4 is 10.8 Å². The molecule has 0 aromatic carbocycles. The molecule has 2 aromatic heterocycles. The molecule has 0 spiro atoms. The van der Waals surface area contributed by atoms with Crippen LogP contribution >= 0.6 is 8.18 Å². The van der Waals surface area contributed by atoms with E-state index in [1.807, 2.05) is 25.3 Å². The van der Waals surface area contributed by atoms with Gasteiger partial charge in [0.05, 0.1) is 25.5 Å². The Morgan fingerprint density at radius 2 is 1.90 bits per heavy atom. The minimum absolute atomic E-state index is 0.122. The van der Waals surface area contributed by atoms with Gasteiger partial charge < -0.3 is 24.5 Å². The number of hydrogen-bond donors (Lipinski definition) is 2. The van der Waals surface area contributed by atoms with Gasteiger partial charge in [-0.15, -0.1) is 4.52 Å². The summed E-state index contributed by atoms with van der Waals surface area (Å²) in [7, 11) is -2.10. The Bertz CT molecular complexity index is 753. The Balaban J connectivity index is 1.69. The summed E-state index contributed by atoms with van der Waals surface area (Å²) in [6.07, 6.45) is 4.10. The molecule has 0 saturated heterocycles. The molecule has 0 aliphatic rings. The van der Waals surface area contributed by atoms with E-state index in [0.29, 0.717) is 36.7 Å². The van der Waals surface area contributed by atoms with Gasteiger partial charge >= 0.3 is 8.18 Å². The van der Waals surface area contributed by atoms with Crippen LogP contribution in [0.15, 0.2) is 12.7 Å². The van der Waals surface area contributed by atoms with Crippen LogP contribution in [0.25, 0.3) is 11.2 Å². The zero-order valence-corrected chi connectivity index (χ0v) is 18.0. The van der Waals surface area contributed by atoms with Crippen LogP contribution in [0.3, 0.4) is 0 Å². The number of fused-ring (bicyclic) bond motifs is 1. The summed E-state index contributed by atoms with van der Waals surface area (Å²) in [4.78, 5) is 12.3. The monoisotopic (exact) mass is 429 g/mol. The van der Waals surface area contributed by atoms with E-state index in [4.69, 9.17) is 24.5 Å². The van der Waals surface area contributed by atoms with Gasteiger partial charge in [0.2, 0.25) is 6.79 Å². The largest absolute Gasteiger partial charge is 0.615 e. The summed E-state index contributed by atoms with van der Waals surface area (Å²) >= 11 is 0. The third-order valence-corrected chi connectivity index (χ3v) is 4.59. The lowest BCUT2D eigenvalue weighted by molar-refractivity contribution is -0.137. The number of aromatic nitrogens is 4. The molecule has 2 aromatic rings. The van der Waals surface area contributed by atoms with Crippen LogP contribution in [0, 0.1) is 0 Å². The van der Waals surface area contributed by atoms with E-state index in [0.717, 1.165) is 12.8 Å². The third kappa shape index (κ3) is 7.88. The molecule has 29 heavy (non-hydrogen) atoms. The van der Waals surface area contributed by atoms with Gasteiger partial charge in [0.25, 0.3) is 0 Å². The number of imidazole rings is 1. The molecule has 0 amide bonds. The van der Waals surface area contributed by atoms with Crippen molar-refractivity contribution >= 4 is 25.2 Å². The number of nitrogens with zero attached hydrogens (tertiary/aromatic N) is 4. The Labute approximate surface area is 171 Å². The fourth-order valence-electron chi connectivity index (χ4n) is 2.42. The number of rotatable bonds is 15. The molecule has 2 heterocycles. The first-order valence-corrected chi connectivity index (χ1v) is 10.8. The molecule has 0 bridgehead atoms. The summed E-state index contributed by atoms with van der Waals surface area (Å²) in [6, 6.07) is 0. The van der Waals surface area contributed by atoms with Gasteiger partial charge in [-0.2, -0.15) is 0 Å². The van der Waals surface area contributed by atoms with E-state index in [-0.39, 0.29) is 19.4 Å². The molecule has 0 aliphatic heterocycles. The first kappa shape index (κ1) is 23.5. The van der Waals surface area contributed by atoms with E-state index in [1.165, 1.54) is 6.33 Å². The van der Waals surface area contributed by atoms with Crippen molar-refractivity contribution in [3.8, 4) is 0 Å². The number of nitrogens with two attached hydrogens (primary N) is 1. The van der Waals surface area contributed by atoms with E-state index in [9.17, 15) is 4.57 Å². The van der Waals surface area contributed by atoms with E-state index in [2.05, 4.69) is 20.0 Å². The second kappa shape index (κ2) is 12.7. The second-order valence-corrected chi connectivity index (χ2v) is 7.43. The second-order valence-electron chi connectivity index (χ2n) is 6.34. The molecule has 2 atom stereocenters. The van der Waals surface area contributed by atoms with Crippen LogP contribution in [-0.4, -0.2) is 58.5 Å². The van der Waals surface area contributed by atoms with Crippen molar-refractivity contribution in [1.29, 1.82) is 0 Å². The van der Waals surface area contributed by atoms with Gasteiger partial charge in [-0.05, 0) is 24.3 Å². The molecule has 2 rings (SSSR count). The molecule has 0 radical (unpaired) electrons. The molecule has 0 aliphatic carbocycles. The number of anilines is 1. The number of ether oxygens (including phenoxy) is 3. The Kier molecular flexibility index (Phi) is 10.3. The van der Waals surface area contributed by atoms with E-state index < -0.39 is 14.5 Å². The van der Waals surface area contributed by atoms with Gasteiger partial charge in [-0.3, -0.25) is 0 Å². The zero-order valence-electron chi connectivity index (χ0n) is 17.1. The highest BCUT2D eigenvalue weighted by Gasteiger charge is 2.22. The normalized spacial score (nSPS) is 13.3. The van der Waals surface area contributed by atoms with E-state index >= 15 is 0 Å². The first-order valence-electron chi connectivity index (χ1n) is 9.64. The maximum atomic E-state index is 12.0. The van der Waals surface area contributed by atoms with Crippen molar-refractivity contribution in [3.63, 3.8) is 0 Å². The molecule has 12 heteroatoms. The van der Waals surface area contributed by atoms with Gasteiger partial charge in [-0.25, -0.2) is 15.0 Å². The Hall–Kier alpha value is -1.75. The lowest BCUT2D eigenvalue weighted by Gasteiger charge is -2.16. The Morgan fingerprint density at radius 3 is 2.59 bits per heavy atom. The van der Waals surface area contributed by atoms with Crippen LogP contribution in [0.5, 0.6) is 0 Å². The van der Waals surface area contributed by atoms with Crippen LogP contribution in [-0.2, 0) is 29.8 Å². The molecule has 0 fully saturated rings. The van der Waals surface area contributed by atoms with Crippen molar-refractivity contribution in [1.82, 2.24) is 24.6 Å². The quantitative estimate of drug-likeness (QED) is 0.320. The molecule has 162 valence electrons. The zero-order chi connectivity index (χ0) is 21.1. The smallest absolute Gasteiger partial charge is 0.382 e. The molecular formula is C17H30N6O5P+. The highest BCUT2D eigenvalue weighted by molar-refractivity contribution is 7.36. The Morgan fingerprint density at radius 1 is 1.17 bits per heavy atom. The average molecular weight is 429 g/mol. The van der Waals surface area contributed by atoms with Crippen molar-refractivity contribution < 1.29 is 23.3 Å². The van der Waals surface area contributed by atoms with Crippen LogP contribution in [0.4, 0.5) is 5.82 Å². The number of hydrogen-bond acceptors (Lipinski definition) is 9. The minimum Gasteiger partial charge on any atom is -0.382 e. The van der Waals surface area contributed by atoms with Crippen molar-refractivity contribution in [2.24, 2.45) is 0 Å². The predicted octanol–water partition coefficient (Wildman–Crippen LogP) is 2.21. The number of nitrogens with one attached hydrogen (secondary N) is 1. The molecule has 3 N–H and O–H groups in total. The predicted molar refractivity (Wildman–Crippen MR) is 108 cm³/mol. The topological polar surface area (TPSA) is 136 Å². The number of nitrogen functional groups attached to an aromatic ring is 1. The van der Waals surface area contributed by atoms with Crippen LogP contribution in [0.2, 0.25) is 0 Å². The first-order chi connectivity index (χ1) is 14.0. The lowest BCUT2D eigenvalue weighted by atomic mass is 10.4. The third-order valence-electron chi connectivity index (χ3n) is 3.81.